The smallest absolute Gasteiger partial charge is 0.410 e. The van der Waals surface area contributed by atoms with E-state index in [0.717, 1.165) is 17.8 Å². The maximum absolute atomic E-state index is 12.6. The Hall–Kier alpha value is -2.88. The molecule has 0 atom stereocenters. The molecule has 2 amide bonds. The number of thiazole rings is 1. The Kier molecular flexibility index (Phi) is 6.68. The molecule has 3 heterocycles. The molecule has 0 aliphatic carbocycles. The topological polar surface area (TPSA) is 103 Å². The zero-order chi connectivity index (χ0) is 22.8. The van der Waals surface area contributed by atoms with Gasteiger partial charge in [0.1, 0.15) is 17.0 Å². The molecule has 0 unspecified atom stereocenters. The standard InChI is InChI=1S/C21H28N4O5S/c1-21(2,3)30-20(28)25-8-6-13(7-9-25)18-23-15(12-31-18)17(26)22-14-10-16(19(27)29-5)24(4)11-14/h10-13H,6-9H2,1-5H3,(H,22,26). The first kappa shape index (κ1) is 22.8. The van der Waals surface area contributed by atoms with E-state index in [1.807, 2.05) is 20.8 Å². The van der Waals surface area contributed by atoms with Crippen molar-refractivity contribution in [3.05, 3.63) is 34.0 Å². The number of hydrogen-bond donors (Lipinski definition) is 1. The van der Waals surface area contributed by atoms with Crippen molar-refractivity contribution in [1.82, 2.24) is 14.5 Å². The summed E-state index contributed by atoms with van der Waals surface area (Å²) in [5.41, 5.74) is 0.654. The predicted molar refractivity (Wildman–Crippen MR) is 117 cm³/mol. The molecule has 0 spiro atoms. The lowest BCUT2D eigenvalue weighted by molar-refractivity contribution is 0.0204. The van der Waals surface area contributed by atoms with Crippen LogP contribution < -0.4 is 5.32 Å². The predicted octanol–water partition coefficient (Wildman–Crippen LogP) is 3.64. The monoisotopic (exact) mass is 448 g/mol. The summed E-state index contributed by atoms with van der Waals surface area (Å²) >= 11 is 1.45. The Bertz CT molecular complexity index is 967. The van der Waals surface area contributed by atoms with E-state index in [1.165, 1.54) is 18.4 Å². The van der Waals surface area contributed by atoms with E-state index in [9.17, 15) is 14.4 Å². The van der Waals surface area contributed by atoms with Gasteiger partial charge in [-0.15, -0.1) is 11.3 Å². The molecule has 1 fully saturated rings. The quantitative estimate of drug-likeness (QED) is 0.717. The number of anilines is 1. The number of ether oxygens (including phenoxy) is 2. The van der Waals surface area contributed by atoms with Gasteiger partial charge >= 0.3 is 12.1 Å². The Balaban J connectivity index is 1.58. The van der Waals surface area contributed by atoms with Crippen LogP contribution in [-0.2, 0) is 16.5 Å². The molecule has 2 aromatic rings. The van der Waals surface area contributed by atoms with Crippen LogP contribution in [0.3, 0.4) is 0 Å². The van der Waals surface area contributed by atoms with E-state index in [2.05, 4.69) is 10.3 Å². The van der Waals surface area contributed by atoms with Gasteiger partial charge in [-0.25, -0.2) is 14.6 Å². The number of likely N-dealkylation sites (tertiary alicyclic amines) is 1. The SMILES string of the molecule is COC(=O)c1cc(NC(=O)c2csc(C3CCN(C(=O)OC(C)(C)C)CC3)n2)cn1C. The Morgan fingerprint density at radius 2 is 1.90 bits per heavy atom. The first-order valence-electron chi connectivity index (χ1n) is 10.1. The number of aromatic nitrogens is 2. The zero-order valence-corrected chi connectivity index (χ0v) is 19.2. The van der Waals surface area contributed by atoms with Crippen LogP contribution >= 0.6 is 11.3 Å². The summed E-state index contributed by atoms with van der Waals surface area (Å²) in [5.74, 6) is -0.611. The third-order valence-corrected chi connectivity index (χ3v) is 5.92. The molecule has 1 aliphatic rings. The van der Waals surface area contributed by atoms with Gasteiger partial charge < -0.3 is 24.3 Å². The van der Waals surface area contributed by atoms with Crippen LogP contribution in [0.15, 0.2) is 17.6 Å². The number of esters is 1. The highest BCUT2D eigenvalue weighted by Gasteiger charge is 2.29. The summed E-state index contributed by atoms with van der Waals surface area (Å²) in [6, 6.07) is 1.56. The van der Waals surface area contributed by atoms with Crippen molar-refractivity contribution >= 4 is 35.0 Å². The molecular formula is C21H28N4O5S. The Morgan fingerprint density at radius 3 is 2.52 bits per heavy atom. The number of rotatable bonds is 4. The molecular weight excluding hydrogens is 420 g/mol. The molecule has 0 saturated carbocycles. The second kappa shape index (κ2) is 9.09. The molecule has 9 nitrogen and oxygen atoms in total. The molecule has 2 aromatic heterocycles. The van der Waals surface area contributed by atoms with Crippen LogP contribution in [0, 0.1) is 0 Å². The number of aryl methyl sites for hydroxylation is 1. The van der Waals surface area contributed by atoms with Gasteiger partial charge in [0.25, 0.3) is 5.91 Å². The summed E-state index contributed by atoms with van der Waals surface area (Å²) in [4.78, 5) is 42.7. The number of amides is 2. The molecule has 0 radical (unpaired) electrons. The lowest BCUT2D eigenvalue weighted by Gasteiger charge is -2.32. The largest absolute Gasteiger partial charge is 0.464 e. The zero-order valence-electron chi connectivity index (χ0n) is 18.4. The Labute approximate surface area is 185 Å². The fourth-order valence-electron chi connectivity index (χ4n) is 3.35. The second-order valence-corrected chi connectivity index (χ2v) is 9.37. The van der Waals surface area contributed by atoms with E-state index in [-0.39, 0.29) is 17.9 Å². The second-order valence-electron chi connectivity index (χ2n) is 8.48. The van der Waals surface area contributed by atoms with E-state index in [0.29, 0.717) is 30.2 Å². The van der Waals surface area contributed by atoms with Gasteiger partial charge in [-0.1, -0.05) is 0 Å². The van der Waals surface area contributed by atoms with Crippen LogP contribution in [0.2, 0.25) is 0 Å². The van der Waals surface area contributed by atoms with E-state index >= 15 is 0 Å². The number of carbonyl (C=O) groups excluding carboxylic acids is 3. The lowest BCUT2D eigenvalue weighted by Crippen LogP contribution is -2.41. The average Bonchev–Trinajstić information content (AvgIpc) is 3.33. The maximum atomic E-state index is 12.6. The number of piperidine rings is 1. The van der Waals surface area contributed by atoms with Crippen molar-refractivity contribution in [3.63, 3.8) is 0 Å². The van der Waals surface area contributed by atoms with Gasteiger partial charge in [0, 0.05) is 37.6 Å². The normalized spacial score (nSPS) is 14.9. The summed E-state index contributed by atoms with van der Waals surface area (Å²) in [6.45, 7) is 6.75. The molecule has 3 rings (SSSR count). The van der Waals surface area contributed by atoms with Crippen LogP contribution in [0.4, 0.5) is 10.5 Å². The minimum Gasteiger partial charge on any atom is -0.464 e. The van der Waals surface area contributed by atoms with E-state index < -0.39 is 11.6 Å². The fourth-order valence-corrected chi connectivity index (χ4v) is 4.32. The summed E-state index contributed by atoms with van der Waals surface area (Å²) in [5, 5.41) is 5.38. The average molecular weight is 449 g/mol. The maximum Gasteiger partial charge on any atom is 0.410 e. The van der Waals surface area contributed by atoms with Crippen molar-refractivity contribution in [2.24, 2.45) is 7.05 Å². The van der Waals surface area contributed by atoms with Gasteiger partial charge in [-0.2, -0.15) is 0 Å². The van der Waals surface area contributed by atoms with Crippen molar-refractivity contribution in [3.8, 4) is 0 Å². The summed E-state index contributed by atoms with van der Waals surface area (Å²) in [6.07, 6.45) is 2.90. The highest BCUT2D eigenvalue weighted by Crippen LogP contribution is 2.31. The Morgan fingerprint density at radius 1 is 1.23 bits per heavy atom. The molecule has 1 N–H and O–H groups in total. The molecule has 10 heteroatoms. The number of carbonyl (C=O) groups is 3. The third-order valence-electron chi connectivity index (χ3n) is 4.91. The highest BCUT2D eigenvalue weighted by molar-refractivity contribution is 7.10. The van der Waals surface area contributed by atoms with Crippen molar-refractivity contribution < 1.29 is 23.9 Å². The minimum atomic E-state index is -0.512. The summed E-state index contributed by atoms with van der Waals surface area (Å²) < 4.78 is 11.7. The molecule has 1 aliphatic heterocycles. The van der Waals surface area contributed by atoms with Crippen molar-refractivity contribution in [2.45, 2.75) is 45.1 Å². The number of methoxy groups -OCH3 is 1. The van der Waals surface area contributed by atoms with Crippen LogP contribution in [-0.4, -0.2) is 58.2 Å². The van der Waals surface area contributed by atoms with Gasteiger partial charge in [-0.05, 0) is 39.7 Å². The first-order valence-corrected chi connectivity index (χ1v) is 10.9. The van der Waals surface area contributed by atoms with Crippen LogP contribution in [0.1, 0.15) is 65.5 Å². The molecule has 0 aromatic carbocycles. The fraction of sp³-hybridized carbons (Fsp3) is 0.524. The highest BCUT2D eigenvalue weighted by atomic mass is 32.1. The number of hydrogen-bond acceptors (Lipinski definition) is 7. The van der Waals surface area contributed by atoms with Gasteiger partial charge in [-0.3, -0.25) is 4.79 Å². The van der Waals surface area contributed by atoms with Crippen molar-refractivity contribution in [1.29, 1.82) is 0 Å². The lowest BCUT2D eigenvalue weighted by atomic mass is 9.98. The van der Waals surface area contributed by atoms with Gasteiger partial charge in [0.05, 0.1) is 17.8 Å². The van der Waals surface area contributed by atoms with Crippen molar-refractivity contribution in [2.75, 3.05) is 25.5 Å². The summed E-state index contributed by atoms with van der Waals surface area (Å²) in [7, 11) is 3.01. The van der Waals surface area contributed by atoms with Gasteiger partial charge in [0.2, 0.25) is 0 Å². The van der Waals surface area contributed by atoms with E-state index in [4.69, 9.17) is 9.47 Å². The number of nitrogens with one attached hydrogen (secondary N) is 1. The molecule has 31 heavy (non-hydrogen) atoms. The molecule has 1 saturated heterocycles. The van der Waals surface area contributed by atoms with Gasteiger partial charge in [0.15, 0.2) is 0 Å². The first-order chi connectivity index (χ1) is 14.6. The molecule has 168 valence electrons. The van der Waals surface area contributed by atoms with Crippen LogP contribution in [0.25, 0.3) is 0 Å². The van der Waals surface area contributed by atoms with Crippen LogP contribution in [0.5, 0.6) is 0 Å². The third kappa shape index (κ3) is 5.63. The number of nitrogens with zero attached hydrogens (tertiary/aromatic N) is 3. The molecule has 0 bridgehead atoms. The minimum absolute atomic E-state index is 0.202. The van der Waals surface area contributed by atoms with E-state index in [1.54, 1.807) is 34.2 Å².